The van der Waals surface area contributed by atoms with Gasteiger partial charge >= 0.3 is 6.16 Å². The molecule has 6 heteroatoms. The molecule has 22 heavy (non-hydrogen) atoms. The van der Waals surface area contributed by atoms with Gasteiger partial charge in [0.15, 0.2) is 11.5 Å². The van der Waals surface area contributed by atoms with E-state index < -0.39 is 6.16 Å². The van der Waals surface area contributed by atoms with Crippen LogP contribution in [0.3, 0.4) is 0 Å². The number of hydrogen-bond donors (Lipinski definition) is 2. The van der Waals surface area contributed by atoms with Crippen molar-refractivity contribution < 1.29 is 29.2 Å². The van der Waals surface area contributed by atoms with Gasteiger partial charge < -0.3 is 24.4 Å². The maximum absolute atomic E-state index is 11.4. The van der Waals surface area contributed by atoms with Gasteiger partial charge in [-0.15, -0.1) is 0 Å². The first-order valence-corrected chi connectivity index (χ1v) is 6.59. The zero-order valence-corrected chi connectivity index (χ0v) is 12.2. The lowest BCUT2D eigenvalue weighted by molar-refractivity contribution is 0.104. The van der Waals surface area contributed by atoms with Crippen molar-refractivity contribution in [2.45, 2.75) is 6.92 Å². The summed E-state index contributed by atoms with van der Waals surface area (Å²) in [6, 6.07) is 9.25. The number of carbonyl (C=O) groups is 1. The standard InChI is InChI=1S/C16H16O6/c1-3-21-16(19)22-13-7-11(6-12(9-13)20-2)10-4-5-14(17)15(18)8-10/h4-9,17-18H,3H2,1-2H3. The van der Waals surface area contributed by atoms with Crippen LogP contribution in [0.1, 0.15) is 6.92 Å². The van der Waals surface area contributed by atoms with E-state index in [9.17, 15) is 15.0 Å². The predicted molar refractivity (Wildman–Crippen MR) is 79.4 cm³/mol. The Balaban J connectivity index is 2.38. The molecule has 2 aromatic carbocycles. The number of benzene rings is 2. The van der Waals surface area contributed by atoms with Gasteiger partial charge in [0, 0.05) is 6.07 Å². The van der Waals surface area contributed by atoms with Gasteiger partial charge in [-0.2, -0.15) is 0 Å². The van der Waals surface area contributed by atoms with E-state index in [1.54, 1.807) is 31.2 Å². The summed E-state index contributed by atoms with van der Waals surface area (Å²) in [5.41, 5.74) is 1.27. The Kier molecular flexibility index (Phi) is 4.73. The molecule has 0 aliphatic carbocycles. The van der Waals surface area contributed by atoms with Crippen LogP contribution in [0.25, 0.3) is 11.1 Å². The number of phenolic OH excluding ortho intramolecular Hbond substituents is 2. The molecule has 2 rings (SSSR count). The molecule has 0 heterocycles. The smallest absolute Gasteiger partial charge is 0.504 e. The van der Waals surface area contributed by atoms with Gasteiger partial charge in [0.05, 0.1) is 13.7 Å². The zero-order valence-electron chi connectivity index (χ0n) is 12.2. The quantitative estimate of drug-likeness (QED) is 0.512. The van der Waals surface area contributed by atoms with Crippen molar-refractivity contribution in [2.24, 2.45) is 0 Å². The highest BCUT2D eigenvalue weighted by molar-refractivity contribution is 5.72. The Morgan fingerprint density at radius 3 is 2.36 bits per heavy atom. The third-order valence-corrected chi connectivity index (χ3v) is 2.89. The van der Waals surface area contributed by atoms with Crippen molar-refractivity contribution in [3.8, 4) is 34.1 Å². The molecule has 2 N–H and O–H groups in total. The van der Waals surface area contributed by atoms with E-state index in [0.29, 0.717) is 16.9 Å². The van der Waals surface area contributed by atoms with E-state index in [0.717, 1.165) is 0 Å². The minimum atomic E-state index is -0.810. The first-order valence-electron chi connectivity index (χ1n) is 6.59. The van der Waals surface area contributed by atoms with E-state index in [1.807, 2.05) is 0 Å². The molecule has 2 aromatic rings. The van der Waals surface area contributed by atoms with Crippen LogP contribution >= 0.6 is 0 Å². The van der Waals surface area contributed by atoms with Crippen LogP contribution in [-0.4, -0.2) is 30.1 Å². The highest BCUT2D eigenvalue weighted by atomic mass is 16.7. The molecular weight excluding hydrogens is 288 g/mol. The third-order valence-electron chi connectivity index (χ3n) is 2.89. The average Bonchev–Trinajstić information content (AvgIpc) is 2.49. The highest BCUT2D eigenvalue weighted by Crippen LogP contribution is 2.34. The number of phenols is 2. The van der Waals surface area contributed by atoms with Gasteiger partial charge in [0.2, 0.25) is 0 Å². The number of methoxy groups -OCH3 is 1. The summed E-state index contributed by atoms with van der Waals surface area (Å²) in [4.78, 5) is 11.4. The molecule has 0 aliphatic heterocycles. The van der Waals surface area contributed by atoms with E-state index in [1.165, 1.54) is 19.2 Å². The normalized spacial score (nSPS) is 10.1. The van der Waals surface area contributed by atoms with Crippen LogP contribution in [-0.2, 0) is 4.74 Å². The Morgan fingerprint density at radius 2 is 1.73 bits per heavy atom. The Labute approximate surface area is 127 Å². The van der Waals surface area contributed by atoms with E-state index in [4.69, 9.17) is 14.2 Å². The number of aromatic hydroxyl groups is 2. The third kappa shape index (κ3) is 3.60. The minimum absolute atomic E-state index is 0.210. The number of rotatable bonds is 4. The minimum Gasteiger partial charge on any atom is -0.504 e. The average molecular weight is 304 g/mol. The van der Waals surface area contributed by atoms with Gasteiger partial charge in [-0.05, 0) is 42.3 Å². The molecule has 0 aliphatic rings. The Hall–Kier alpha value is -2.89. The van der Waals surface area contributed by atoms with Crippen LogP contribution in [0, 0.1) is 0 Å². The second-order valence-corrected chi connectivity index (χ2v) is 4.39. The highest BCUT2D eigenvalue weighted by Gasteiger charge is 2.10. The summed E-state index contributed by atoms with van der Waals surface area (Å²) in [6.45, 7) is 1.89. The van der Waals surface area contributed by atoms with Crippen molar-refractivity contribution in [3.05, 3.63) is 36.4 Å². The molecule has 0 unspecified atom stereocenters. The van der Waals surface area contributed by atoms with Gasteiger partial charge in [-0.3, -0.25) is 0 Å². The van der Waals surface area contributed by atoms with Crippen LogP contribution in [0.4, 0.5) is 4.79 Å². The Bertz CT molecular complexity index is 680. The molecule has 0 bridgehead atoms. The molecule has 0 amide bonds. The van der Waals surface area contributed by atoms with Crippen molar-refractivity contribution in [1.82, 2.24) is 0 Å². The second kappa shape index (κ2) is 6.71. The lowest BCUT2D eigenvalue weighted by Gasteiger charge is -2.10. The van der Waals surface area contributed by atoms with E-state index >= 15 is 0 Å². The predicted octanol–water partition coefficient (Wildman–Crippen LogP) is 3.31. The monoisotopic (exact) mass is 304 g/mol. The molecule has 0 atom stereocenters. The molecule has 0 saturated heterocycles. The van der Waals surface area contributed by atoms with Crippen molar-refractivity contribution in [3.63, 3.8) is 0 Å². The van der Waals surface area contributed by atoms with Crippen LogP contribution in [0.2, 0.25) is 0 Å². The zero-order chi connectivity index (χ0) is 16.1. The van der Waals surface area contributed by atoms with E-state index in [2.05, 4.69) is 0 Å². The molecule has 6 nitrogen and oxygen atoms in total. The summed E-state index contributed by atoms with van der Waals surface area (Å²) in [6.07, 6.45) is -0.810. The Morgan fingerprint density at radius 1 is 1.00 bits per heavy atom. The SMILES string of the molecule is CCOC(=O)Oc1cc(OC)cc(-c2ccc(O)c(O)c2)c1. The largest absolute Gasteiger partial charge is 0.513 e. The van der Waals surface area contributed by atoms with Gasteiger partial charge in [-0.25, -0.2) is 4.79 Å². The molecule has 0 fully saturated rings. The molecular formula is C16H16O6. The van der Waals surface area contributed by atoms with Crippen LogP contribution in [0.15, 0.2) is 36.4 Å². The lowest BCUT2D eigenvalue weighted by atomic mass is 10.0. The van der Waals surface area contributed by atoms with Gasteiger partial charge in [0.1, 0.15) is 11.5 Å². The van der Waals surface area contributed by atoms with Crippen molar-refractivity contribution >= 4 is 6.16 Å². The van der Waals surface area contributed by atoms with Gasteiger partial charge in [-0.1, -0.05) is 6.07 Å². The van der Waals surface area contributed by atoms with Crippen molar-refractivity contribution in [2.75, 3.05) is 13.7 Å². The topological polar surface area (TPSA) is 85.2 Å². The van der Waals surface area contributed by atoms with Crippen LogP contribution in [0.5, 0.6) is 23.0 Å². The number of hydrogen-bond acceptors (Lipinski definition) is 6. The van der Waals surface area contributed by atoms with Crippen molar-refractivity contribution in [1.29, 1.82) is 0 Å². The molecule has 0 aromatic heterocycles. The summed E-state index contributed by atoms with van der Waals surface area (Å²) in [7, 11) is 1.49. The molecule has 0 saturated carbocycles. The summed E-state index contributed by atoms with van der Waals surface area (Å²) in [5.74, 6) is 0.271. The molecule has 0 radical (unpaired) electrons. The second-order valence-electron chi connectivity index (χ2n) is 4.39. The first-order chi connectivity index (χ1) is 10.5. The van der Waals surface area contributed by atoms with Crippen LogP contribution < -0.4 is 9.47 Å². The summed E-state index contributed by atoms with van der Waals surface area (Å²) < 4.78 is 15.0. The fraction of sp³-hybridized carbons (Fsp3) is 0.188. The summed E-state index contributed by atoms with van der Waals surface area (Å²) in [5, 5.41) is 18.9. The number of ether oxygens (including phenoxy) is 3. The first kappa shape index (κ1) is 15.5. The summed E-state index contributed by atoms with van der Waals surface area (Å²) >= 11 is 0. The maximum Gasteiger partial charge on any atom is 0.513 e. The molecule has 116 valence electrons. The maximum atomic E-state index is 11.4. The molecule has 0 spiro atoms. The number of carbonyl (C=O) groups excluding carboxylic acids is 1. The fourth-order valence-electron chi connectivity index (χ4n) is 1.86. The van der Waals surface area contributed by atoms with E-state index in [-0.39, 0.29) is 23.9 Å². The van der Waals surface area contributed by atoms with Gasteiger partial charge in [0.25, 0.3) is 0 Å². The fourth-order valence-corrected chi connectivity index (χ4v) is 1.86. The lowest BCUT2D eigenvalue weighted by Crippen LogP contribution is -2.10.